The van der Waals surface area contributed by atoms with E-state index in [-0.39, 0.29) is 18.5 Å². The molecule has 2 heterocycles. The van der Waals surface area contributed by atoms with Crippen LogP contribution in [-0.4, -0.2) is 41.6 Å². The van der Waals surface area contributed by atoms with Gasteiger partial charge in [-0.05, 0) is 49.8 Å². The van der Waals surface area contributed by atoms with Gasteiger partial charge in [0.1, 0.15) is 10.5 Å². The summed E-state index contributed by atoms with van der Waals surface area (Å²) in [5.41, 5.74) is 0.883. The van der Waals surface area contributed by atoms with E-state index in [9.17, 15) is 9.59 Å². The van der Waals surface area contributed by atoms with Gasteiger partial charge in [-0.3, -0.25) is 9.69 Å². The zero-order valence-corrected chi connectivity index (χ0v) is 18.4. The molecule has 1 aliphatic carbocycles. The number of aromatic nitrogens is 1. The number of nitrogens with one attached hydrogen (secondary N) is 1. The fourth-order valence-corrected chi connectivity index (χ4v) is 5.19. The summed E-state index contributed by atoms with van der Waals surface area (Å²) in [6.45, 7) is 2.37. The molecule has 3 amide bonds. The Hall–Kier alpha value is -2.61. The number of hydrogen-bond donors (Lipinski definition) is 1. The van der Waals surface area contributed by atoms with E-state index in [1.807, 2.05) is 23.6 Å². The highest BCUT2D eigenvalue weighted by molar-refractivity contribution is 7.13. The second-order valence-corrected chi connectivity index (χ2v) is 8.83. The molecule has 2 aliphatic rings. The van der Waals surface area contributed by atoms with Gasteiger partial charge < -0.3 is 14.8 Å². The number of hydrogen-bond acceptors (Lipinski definition) is 6. The minimum absolute atomic E-state index is 0.109. The lowest BCUT2D eigenvalue weighted by atomic mass is 9.75. The van der Waals surface area contributed by atoms with Crippen LogP contribution in [0.1, 0.15) is 44.7 Å². The summed E-state index contributed by atoms with van der Waals surface area (Å²) in [4.78, 5) is 31.7. The summed E-state index contributed by atoms with van der Waals surface area (Å²) >= 11 is 1.47. The molecule has 0 atom stereocenters. The molecule has 2 fully saturated rings. The number of methoxy groups -OCH3 is 2. The van der Waals surface area contributed by atoms with Crippen LogP contribution in [0, 0.1) is 5.92 Å². The molecule has 0 bridgehead atoms. The third kappa shape index (κ3) is 3.64. The van der Waals surface area contributed by atoms with E-state index >= 15 is 0 Å². The average Bonchev–Trinajstić information content (AvgIpc) is 3.33. The Morgan fingerprint density at radius 2 is 1.93 bits per heavy atom. The van der Waals surface area contributed by atoms with E-state index in [2.05, 4.69) is 17.2 Å². The van der Waals surface area contributed by atoms with Gasteiger partial charge in [0.25, 0.3) is 5.91 Å². The number of nitrogens with zero attached hydrogens (tertiary/aromatic N) is 2. The van der Waals surface area contributed by atoms with Crippen molar-refractivity contribution in [1.29, 1.82) is 0 Å². The molecule has 1 N–H and O–H groups in total. The molecule has 2 aromatic rings. The fourth-order valence-electron chi connectivity index (χ4n) is 4.38. The molecule has 7 nitrogen and oxygen atoms in total. The molecule has 1 saturated carbocycles. The van der Waals surface area contributed by atoms with Crippen LogP contribution in [-0.2, 0) is 11.3 Å². The molecule has 1 aromatic heterocycles. The van der Waals surface area contributed by atoms with E-state index in [0.29, 0.717) is 23.1 Å². The number of thiazole rings is 1. The topological polar surface area (TPSA) is 80.8 Å². The van der Waals surface area contributed by atoms with Gasteiger partial charge in [0.2, 0.25) is 0 Å². The van der Waals surface area contributed by atoms with Crippen molar-refractivity contribution in [3.63, 3.8) is 0 Å². The van der Waals surface area contributed by atoms with Gasteiger partial charge in [0, 0.05) is 10.9 Å². The quantitative estimate of drug-likeness (QED) is 0.696. The van der Waals surface area contributed by atoms with Crippen LogP contribution >= 0.6 is 11.3 Å². The summed E-state index contributed by atoms with van der Waals surface area (Å²) < 4.78 is 10.6. The van der Waals surface area contributed by atoms with Crippen molar-refractivity contribution < 1.29 is 19.1 Å². The minimum atomic E-state index is -0.717. The lowest BCUT2D eigenvalue weighted by molar-refractivity contribution is -0.133. The van der Waals surface area contributed by atoms with Gasteiger partial charge in [0.05, 0.1) is 26.5 Å². The highest BCUT2D eigenvalue weighted by Gasteiger charge is 2.52. The van der Waals surface area contributed by atoms with Crippen molar-refractivity contribution in [2.75, 3.05) is 14.2 Å². The summed E-state index contributed by atoms with van der Waals surface area (Å²) in [6.07, 6.45) is 4.54. The van der Waals surface area contributed by atoms with Crippen molar-refractivity contribution in [3.8, 4) is 22.1 Å². The van der Waals surface area contributed by atoms with Crippen molar-refractivity contribution in [2.45, 2.75) is 51.1 Å². The maximum absolute atomic E-state index is 13.1. The van der Waals surface area contributed by atoms with Crippen molar-refractivity contribution in [2.24, 2.45) is 5.92 Å². The molecule has 1 aromatic carbocycles. The van der Waals surface area contributed by atoms with Gasteiger partial charge in [-0.2, -0.15) is 0 Å². The van der Waals surface area contributed by atoms with Crippen LogP contribution in [0.4, 0.5) is 4.79 Å². The summed E-state index contributed by atoms with van der Waals surface area (Å²) in [5.74, 6) is 1.82. The maximum Gasteiger partial charge on any atom is 0.325 e. The van der Waals surface area contributed by atoms with Crippen LogP contribution in [0.15, 0.2) is 23.6 Å². The first-order valence-corrected chi connectivity index (χ1v) is 11.2. The van der Waals surface area contributed by atoms with E-state index in [0.717, 1.165) is 42.7 Å². The third-order valence-corrected chi connectivity index (χ3v) is 7.22. The lowest BCUT2D eigenvalue weighted by Crippen LogP contribution is -2.49. The second-order valence-electron chi connectivity index (χ2n) is 7.97. The first-order chi connectivity index (χ1) is 14.5. The molecule has 0 radical (unpaired) electrons. The number of urea groups is 1. The number of carbonyl (C=O) groups is 2. The zero-order chi connectivity index (χ0) is 21.3. The third-order valence-electron chi connectivity index (χ3n) is 6.28. The molecule has 1 saturated heterocycles. The number of carbonyl (C=O) groups excluding carboxylic acids is 2. The molecule has 1 spiro atoms. The molecule has 4 rings (SSSR count). The lowest BCUT2D eigenvalue weighted by Gasteiger charge is -2.34. The largest absolute Gasteiger partial charge is 0.493 e. The van der Waals surface area contributed by atoms with Crippen LogP contribution in [0.5, 0.6) is 11.5 Å². The van der Waals surface area contributed by atoms with Crippen LogP contribution in [0.2, 0.25) is 0 Å². The monoisotopic (exact) mass is 429 g/mol. The van der Waals surface area contributed by atoms with E-state index in [4.69, 9.17) is 9.47 Å². The standard InChI is InChI=1S/C22H27N3O4S/c1-4-14-7-9-22(10-8-14)20(26)25(21(27)24-22)12-16-13-30-19(23-16)15-5-6-17(28-2)18(11-15)29-3/h5-6,11,13-14H,4,7-10,12H2,1-3H3,(H,24,27). The van der Waals surface area contributed by atoms with Crippen LogP contribution in [0.25, 0.3) is 10.6 Å². The SMILES string of the molecule is CCC1CCC2(CC1)NC(=O)N(Cc1csc(-c3ccc(OC)c(OC)c3)n1)C2=O. The Bertz CT molecular complexity index is 950. The van der Waals surface area contributed by atoms with E-state index in [1.54, 1.807) is 14.2 Å². The first-order valence-electron chi connectivity index (χ1n) is 10.3. The molecular weight excluding hydrogens is 402 g/mol. The molecule has 0 unspecified atom stereocenters. The van der Waals surface area contributed by atoms with Crippen LogP contribution < -0.4 is 14.8 Å². The van der Waals surface area contributed by atoms with Gasteiger partial charge in [0.15, 0.2) is 11.5 Å². The minimum Gasteiger partial charge on any atom is -0.493 e. The Kier molecular flexibility index (Phi) is 5.69. The van der Waals surface area contributed by atoms with E-state index < -0.39 is 5.54 Å². The Labute approximate surface area is 180 Å². The highest BCUT2D eigenvalue weighted by atomic mass is 32.1. The Morgan fingerprint density at radius 1 is 1.20 bits per heavy atom. The molecule has 30 heavy (non-hydrogen) atoms. The average molecular weight is 430 g/mol. The van der Waals surface area contributed by atoms with Crippen molar-refractivity contribution >= 4 is 23.3 Å². The molecule has 1 aliphatic heterocycles. The van der Waals surface area contributed by atoms with Gasteiger partial charge in [-0.1, -0.05) is 13.3 Å². The smallest absolute Gasteiger partial charge is 0.325 e. The van der Waals surface area contributed by atoms with Crippen molar-refractivity contribution in [1.82, 2.24) is 15.2 Å². The number of benzene rings is 1. The molecular formula is C22H27N3O4S. The fraction of sp³-hybridized carbons (Fsp3) is 0.500. The number of rotatable bonds is 6. The maximum atomic E-state index is 13.1. The number of imide groups is 1. The highest BCUT2D eigenvalue weighted by Crippen LogP contribution is 2.38. The summed E-state index contributed by atoms with van der Waals surface area (Å²) in [6, 6.07) is 5.31. The Balaban J connectivity index is 1.49. The van der Waals surface area contributed by atoms with Crippen LogP contribution in [0.3, 0.4) is 0 Å². The zero-order valence-electron chi connectivity index (χ0n) is 17.6. The number of ether oxygens (including phenoxy) is 2. The van der Waals surface area contributed by atoms with Gasteiger partial charge in [-0.15, -0.1) is 11.3 Å². The van der Waals surface area contributed by atoms with E-state index in [1.165, 1.54) is 16.2 Å². The summed E-state index contributed by atoms with van der Waals surface area (Å²) in [7, 11) is 3.19. The molecule has 160 valence electrons. The second kappa shape index (κ2) is 8.26. The summed E-state index contributed by atoms with van der Waals surface area (Å²) in [5, 5.41) is 5.68. The van der Waals surface area contributed by atoms with Crippen molar-refractivity contribution in [3.05, 3.63) is 29.3 Å². The normalized spacial score (nSPS) is 23.7. The first kappa shape index (κ1) is 20.7. The van der Waals surface area contributed by atoms with Gasteiger partial charge in [-0.25, -0.2) is 9.78 Å². The molecule has 8 heteroatoms. The predicted octanol–water partition coefficient (Wildman–Crippen LogP) is 4.22. The van der Waals surface area contributed by atoms with Gasteiger partial charge >= 0.3 is 6.03 Å². The predicted molar refractivity (Wildman–Crippen MR) is 115 cm³/mol. The Morgan fingerprint density at radius 3 is 2.60 bits per heavy atom. The number of amides is 3.